The minimum atomic E-state index is 0.686. The minimum Gasteiger partial charge on any atom is -0.496 e. The van der Waals surface area contributed by atoms with Crippen LogP contribution in [0.1, 0.15) is 43.5 Å². The van der Waals surface area contributed by atoms with Crippen LogP contribution in [0.25, 0.3) is 11.0 Å². The molecule has 0 radical (unpaired) electrons. The highest BCUT2D eigenvalue weighted by Crippen LogP contribution is 2.28. The third-order valence-electron chi connectivity index (χ3n) is 5.27. The molecule has 0 bridgehead atoms. The van der Waals surface area contributed by atoms with Crippen LogP contribution in [-0.2, 0) is 6.42 Å². The van der Waals surface area contributed by atoms with Crippen LogP contribution in [0, 0.1) is 5.92 Å². The summed E-state index contributed by atoms with van der Waals surface area (Å²) in [6.45, 7) is 0.799. The Kier molecular flexibility index (Phi) is 5.09. The van der Waals surface area contributed by atoms with Crippen LogP contribution in [0.3, 0.4) is 0 Å². The number of imidazole rings is 1. The van der Waals surface area contributed by atoms with Crippen LogP contribution in [0.4, 0.5) is 0 Å². The van der Waals surface area contributed by atoms with E-state index >= 15 is 0 Å². The van der Waals surface area contributed by atoms with Crippen molar-refractivity contribution >= 4 is 11.0 Å². The maximum absolute atomic E-state index is 6.16. The summed E-state index contributed by atoms with van der Waals surface area (Å²) in [6.07, 6.45) is 7.33. The first kappa shape index (κ1) is 17.0. The number of ether oxygens (including phenoxy) is 2. The monoisotopic (exact) mass is 350 g/mol. The zero-order valence-corrected chi connectivity index (χ0v) is 15.3. The molecule has 0 spiro atoms. The van der Waals surface area contributed by atoms with Gasteiger partial charge in [0.1, 0.15) is 22.8 Å². The van der Waals surface area contributed by atoms with E-state index in [9.17, 15) is 0 Å². The largest absolute Gasteiger partial charge is 0.496 e. The third kappa shape index (κ3) is 3.69. The maximum atomic E-state index is 6.16. The van der Waals surface area contributed by atoms with Gasteiger partial charge in [0.25, 0.3) is 0 Å². The molecule has 4 rings (SSSR count). The van der Waals surface area contributed by atoms with E-state index in [2.05, 4.69) is 17.1 Å². The van der Waals surface area contributed by atoms with Gasteiger partial charge in [-0.1, -0.05) is 43.5 Å². The third-order valence-corrected chi connectivity index (χ3v) is 5.27. The van der Waals surface area contributed by atoms with Gasteiger partial charge in [-0.15, -0.1) is 0 Å². The molecule has 0 aliphatic heterocycles. The van der Waals surface area contributed by atoms with Crippen molar-refractivity contribution in [1.82, 2.24) is 9.97 Å². The molecule has 1 aromatic heterocycles. The lowest BCUT2D eigenvalue weighted by atomic mass is 9.90. The van der Waals surface area contributed by atoms with Gasteiger partial charge in [-0.05, 0) is 37.0 Å². The van der Waals surface area contributed by atoms with Gasteiger partial charge in [0.05, 0.1) is 19.2 Å². The lowest BCUT2D eigenvalue weighted by Crippen LogP contribution is -2.15. The molecule has 1 saturated carbocycles. The van der Waals surface area contributed by atoms with Crippen molar-refractivity contribution in [3.8, 4) is 11.5 Å². The number of hydrogen-bond acceptors (Lipinski definition) is 3. The van der Waals surface area contributed by atoms with Crippen molar-refractivity contribution in [3.05, 3.63) is 53.9 Å². The van der Waals surface area contributed by atoms with Crippen LogP contribution in [0.5, 0.6) is 11.5 Å². The molecule has 136 valence electrons. The Morgan fingerprint density at radius 1 is 1.00 bits per heavy atom. The van der Waals surface area contributed by atoms with E-state index < -0.39 is 0 Å². The summed E-state index contributed by atoms with van der Waals surface area (Å²) >= 11 is 0. The Morgan fingerprint density at radius 3 is 2.65 bits per heavy atom. The van der Waals surface area contributed by atoms with Crippen molar-refractivity contribution in [1.29, 1.82) is 0 Å². The molecule has 2 aromatic carbocycles. The summed E-state index contributed by atoms with van der Waals surface area (Å²) in [5, 5.41) is 0. The molecule has 26 heavy (non-hydrogen) atoms. The van der Waals surface area contributed by atoms with E-state index in [-0.39, 0.29) is 0 Å². The van der Waals surface area contributed by atoms with Gasteiger partial charge in [0.15, 0.2) is 0 Å². The number of H-pyrrole nitrogens is 1. The Balaban J connectivity index is 1.53. The van der Waals surface area contributed by atoms with Crippen LogP contribution >= 0.6 is 0 Å². The summed E-state index contributed by atoms with van der Waals surface area (Å²) in [4.78, 5) is 8.24. The van der Waals surface area contributed by atoms with Gasteiger partial charge in [-0.25, -0.2) is 4.98 Å². The number of aromatic amines is 1. The predicted octanol–water partition coefficient (Wildman–Crippen LogP) is 5.12. The molecular formula is C22H26N2O2. The molecule has 4 heteroatoms. The predicted molar refractivity (Wildman–Crippen MR) is 104 cm³/mol. The first-order chi connectivity index (χ1) is 12.8. The highest BCUT2D eigenvalue weighted by atomic mass is 16.5. The molecule has 0 atom stereocenters. The SMILES string of the molecule is COc1ccccc1Cc1nc2c(OCC3CCCCC3)cccc2[nH]1. The van der Waals surface area contributed by atoms with E-state index in [4.69, 9.17) is 14.5 Å². The van der Waals surface area contributed by atoms with Gasteiger partial charge in [-0.3, -0.25) is 0 Å². The summed E-state index contributed by atoms with van der Waals surface area (Å²) in [6, 6.07) is 14.2. The first-order valence-corrected chi connectivity index (χ1v) is 9.56. The minimum absolute atomic E-state index is 0.686. The Labute approximate surface area is 154 Å². The van der Waals surface area contributed by atoms with Crippen molar-refractivity contribution < 1.29 is 9.47 Å². The number of para-hydroxylation sites is 2. The smallest absolute Gasteiger partial charge is 0.147 e. The summed E-state index contributed by atoms with van der Waals surface area (Å²) in [7, 11) is 1.70. The zero-order chi connectivity index (χ0) is 17.8. The number of nitrogens with zero attached hydrogens (tertiary/aromatic N) is 1. The molecule has 0 unspecified atom stereocenters. The van der Waals surface area contributed by atoms with Crippen LogP contribution in [-0.4, -0.2) is 23.7 Å². The summed E-state index contributed by atoms with van der Waals surface area (Å²) in [5.41, 5.74) is 3.07. The Morgan fingerprint density at radius 2 is 1.81 bits per heavy atom. The molecule has 1 fully saturated rings. The van der Waals surface area contributed by atoms with Gasteiger partial charge in [0, 0.05) is 12.0 Å². The topological polar surface area (TPSA) is 47.1 Å². The lowest BCUT2D eigenvalue weighted by Gasteiger charge is -2.21. The Bertz CT molecular complexity index is 865. The van der Waals surface area contributed by atoms with Crippen molar-refractivity contribution in [2.75, 3.05) is 13.7 Å². The average Bonchev–Trinajstić information content (AvgIpc) is 3.10. The fourth-order valence-corrected chi connectivity index (χ4v) is 3.85. The van der Waals surface area contributed by atoms with E-state index in [1.54, 1.807) is 7.11 Å². The van der Waals surface area contributed by atoms with Gasteiger partial charge >= 0.3 is 0 Å². The number of fused-ring (bicyclic) bond motifs is 1. The van der Waals surface area contributed by atoms with Crippen LogP contribution in [0.15, 0.2) is 42.5 Å². The van der Waals surface area contributed by atoms with Gasteiger partial charge in [-0.2, -0.15) is 0 Å². The highest BCUT2D eigenvalue weighted by molar-refractivity contribution is 5.81. The first-order valence-electron chi connectivity index (χ1n) is 9.56. The van der Waals surface area contributed by atoms with Crippen molar-refractivity contribution in [2.45, 2.75) is 38.5 Å². The second-order valence-electron chi connectivity index (χ2n) is 7.14. The second-order valence-corrected chi connectivity index (χ2v) is 7.14. The van der Waals surface area contributed by atoms with Crippen LogP contribution < -0.4 is 9.47 Å². The number of benzene rings is 2. The maximum Gasteiger partial charge on any atom is 0.147 e. The molecule has 1 aliphatic rings. The van der Waals surface area contributed by atoms with E-state index in [0.717, 1.165) is 40.5 Å². The fraction of sp³-hybridized carbons (Fsp3) is 0.409. The van der Waals surface area contributed by atoms with Crippen molar-refractivity contribution in [3.63, 3.8) is 0 Å². The molecule has 1 N–H and O–H groups in total. The van der Waals surface area contributed by atoms with E-state index in [1.807, 2.05) is 30.3 Å². The van der Waals surface area contributed by atoms with E-state index in [0.29, 0.717) is 12.3 Å². The normalized spacial score (nSPS) is 15.3. The van der Waals surface area contributed by atoms with Gasteiger partial charge < -0.3 is 14.5 Å². The van der Waals surface area contributed by atoms with E-state index in [1.165, 1.54) is 32.1 Å². The highest BCUT2D eigenvalue weighted by Gasteiger charge is 2.16. The molecule has 1 heterocycles. The molecule has 0 amide bonds. The number of rotatable bonds is 6. The molecule has 3 aromatic rings. The number of nitrogens with one attached hydrogen (secondary N) is 1. The fourth-order valence-electron chi connectivity index (χ4n) is 3.85. The molecule has 1 aliphatic carbocycles. The number of methoxy groups -OCH3 is 1. The average molecular weight is 350 g/mol. The molecule has 0 saturated heterocycles. The number of hydrogen-bond donors (Lipinski definition) is 1. The Hall–Kier alpha value is -2.49. The lowest BCUT2D eigenvalue weighted by molar-refractivity contribution is 0.210. The van der Waals surface area contributed by atoms with Crippen molar-refractivity contribution in [2.24, 2.45) is 5.92 Å². The standard InChI is InChI=1S/C22H26N2O2/c1-25-19-12-6-5-10-17(19)14-21-23-18-11-7-13-20(22(18)24-21)26-15-16-8-3-2-4-9-16/h5-7,10-13,16H,2-4,8-9,14-15H2,1H3,(H,23,24). The zero-order valence-electron chi connectivity index (χ0n) is 15.3. The summed E-state index contributed by atoms with van der Waals surface area (Å²) in [5.74, 6) is 3.39. The van der Waals surface area contributed by atoms with Crippen LogP contribution in [0.2, 0.25) is 0 Å². The molecule has 4 nitrogen and oxygen atoms in total. The van der Waals surface area contributed by atoms with Gasteiger partial charge in [0.2, 0.25) is 0 Å². The molecular weight excluding hydrogens is 324 g/mol. The quantitative estimate of drug-likeness (QED) is 0.671. The summed E-state index contributed by atoms with van der Waals surface area (Å²) < 4.78 is 11.6. The number of aromatic nitrogens is 2. The second kappa shape index (κ2) is 7.81.